The number of phenolic OH excluding ortho intramolecular Hbond substituents is 2. The number of carbonyl (C=O) groups is 2. The van der Waals surface area contributed by atoms with E-state index in [4.69, 9.17) is 23.4 Å². The van der Waals surface area contributed by atoms with Crippen molar-refractivity contribution in [1.29, 1.82) is 0 Å². The lowest BCUT2D eigenvalue weighted by Gasteiger charge is -2.27. The molecule has 0 aliphatic carbocycles. The predicted octanol–water partition coefficient (Wildman–Crippen LogP) is 4.25. The highest BCUT2D eigenvalue weighted by Crippen LogP contribution is 2.53. The average Bonchev–Trinajstić information content (AvgIpc) is 2.91. The molecule has 0 amide bonds. The van der Waals surface area contributed by atoms with Gasteiger partial charge in [-0.15, -0.1) is 0 Å². The van der Waals surface area contributed by atoms with Crippen LogP contribution in [0.2, 0.25) is 0 Å². The molecule has 194 valence electrons. The number of ether oxygens (including phenoxy) is 4. The zero-order valence-corrected chi connectivity index (χ0v) is 20.6. The zero-order chi connectivity index (χ0) is 27.1. The molecule has 0 bridgehead atoms. The number of phenols is 2. The molecule has 0 radical (unpaired) electrons. The normalized spacial score (nSPS) is 14.5. The number of methoxy groups -OCH3 is 2. The summed E-state index contributed by atoms with van der Waals surface area (Å²) in [5.74, 6) is -3.42. The van der Waals surface area contributed by atoms with Gasteiger partial charge in [0.15, 0.2) is 28.4 Å². The number of rotatable bonds is 5. The van der Waals surface area contributed by atoms with E-state index < -0.39 is 34.8 Å². The maximum absolute atomic E-state index is 13.2. The van der Waals surface area contributed by atoms with E-state index in [2.05, 4.69) is 0 Å². The number of carbonyl (C=O) groups excluding carboxylic acids is 2. The van der Waals surface area contributed by atoms with Crippen LogP contribution in [0.5, 0.6) is 34.5 Å². The molecular weight excluding hydrogens is 496 g/mol. The molecule has 1 aliphatic rings. The summed E-state index contributed by atoms with van der Waals surface area (Å²) in [6.45, 7) is 1.23. The molecule has 2 heterocycles. The minimum atomic E-state index is -0.830. The second kappa shape index (κ2) is 9.47. The van der Waals surface area contributed by atoms with E-state index in [0.717, 1.165) is 0 Å². The smallest absolute Gasteiger partial charge is 0.312 e. The van der Waals surface area contributed by atoms with Crippen molar-refractivity contribution in [3.63, 3.8) is 0 Å². The van der Waals surface area contributed by atoms with Crippen molar-refractivity contribution in [3.05, 3.63) is 69.9 Å². The standard InChI is InChI=1S/C28H22O10/c1-13(29)36-26-19(34-2)9-15(10-20(26)35-3)16-11-21(31)38-28-22(16)27-23(24(32)25(28)33)17(30)12-18(37-27)14-7-5-4-6-8-14/h4-10,12,16,32-33H,11H2,1-3H3/t16-/m1/s1. The first kappa shape index (κ1) is 24.7. The third-order valence-electron chi connectivity index (χ3n) is 6.24. The van der Waals surface area contributed by atoms with Gasteiger partial charge in [0.25, 0.3) is 0 Å². The SMILES string of the molecule is COc1cc([C@H]2CC(=O)Oc3c(O)c(O)c4c(=O)cc(-c5ccccc5)oc4c32)cc(OC)c1OC(C)=O. The van der Waals surface area contributed by atoms with Crippen molar-refractivity contribution < 1.29 is 43.2 Å². The fraction of sp³-hybridized carbons (Fsp3) is 0.179. The first-order chi connectivity index (χ1) is 18.2. The third kappa shape index (κ3) is 4.05. The Balaban J connectivity index is 1.83. The minimum Gasteiger partial charge on any atom is -0.504 e. The number of hydrogen-bond donors (Lipinski definition) is 2. The van der Waals surface area contributed by atoms with E-state index in [9.17, 15) is 24.6 Å². The lowest BCUT2D eigenvalue weighted by Crippen LogP contribution is -2.22. The minimum absolute atomic E-state index is 0.0427. The maximum atomic E-state index is 13.2. The molecule has 5 rings (SSSR count). The summed E-state index contributed by atoms with van der Waals surface area (Å²) in [5.41, 5.74) is 0.574. The van der Waals surface area contributed by atoms with E-state index >= 15 is 0 Å². The Morgan fingerprint density at radius 2 is 1.63 bits per heavy atom. The topological polar surface area (TPSA) is 142 Å². The predicted molar refractivity (Wildman–Crippen MR) is 134 cm³/mol. The molecule has 0 unspecified atom stereocenters. The summed E-state index contributed by atoms with van der Waals surface area (Å²) in [4.78, 5) is 37.5. The number of fused-ring (bicyclic) bond motifs is 3. The van der Waals surface area contributed by atoms with E-state index in [1.165, 1.54) is 27.2 Å². The monoisotopic (exact) mass is 518 g/mol. The van der Waals surface area contributed by atoms with Crippen LogP contribution in [0.3, 0.4) is 0 Å². The fourth-order valence-corrected chi connectivity index (χ4v) is 4.58. The summed E-state index contributed by atoms with van der Waals surface area (Å²) in [7, 11) is 2.75. The fourth-order valence-electron chi connectivity index (χ4n) is 4.58. The van der Waals surface area contributed by atoms with Crippen LogP contribution in [0.1, 0.15) is 30.4 Å². The number of aromatic hydroxyl groups is 2. The summed E-state index contributed by atoms with van der Waals surface area (Å²) < 4.78 is 27.6. The lowest BCUT2D eigenvalue weighted by molar-refractivity contribution is -0.135. The van der Waals surface area contributed by atoms with E-state index in [1.807, 2.05) is 6.07 Å². The van der Waals surface area contributed by atoms with Crippen molar-refractivity contribution in [2.45, 2.75) is 19.3 Å². The van der Waals surface area contributed by atoms with Crippen LogP contribution in [-0.2, 0) is 9.59 Å². The van der Waals surface area contributed by atoms with Crippen LogP contribution in [0.4, 0.5) is 0 Å². The summed E-state index contributed by atoms with van der Waals surface area (Å²) >= 11 is 0. The summed E-state index contributed by atoms with van der Waals surface area (Å²) in [6.07, 6.45) is -0.204. The second-order valence-electron chi connectivity index (χ2n) is 8.56. The van der Waals surface area contributed by atoms with E-state index in [-0.39, 0.29) is 51.7 Å². The van der Waals surface area contributed by atoms with Crippen molar-refractivity contribution in [1.82, 2.24) is 0 Å². The Morgan fingerprint density at radius 3 is 2.24 bits per heavy atom. The van der Waals surface area contributed by atoms with Gasteiger partial charge >= 0.3 is 11.9 Å². The van der Waals surface area contributed by atoms with Gasteiger partial charge in [0.2, 0.25) is 11.5 Å². The van der Waals surface area contributed by atoms with Gasteiger partial charge < -0.3 is 33.6 Å². The van der Waals surface area contributed by atoms with Gasteiger partial charge in [0.1, 0.15) is 16.7 Å². The Morgan fingerprint density at radius 1 is 0.974 bits per heavy atom. The largest absolute Gasteiger partial charge is 0.504 e. The summed E-state index contributed by atoms with van der Waals surface area (Å²) in [5, 5.41) is 21.2. The first-order valence-corrected chi connectivity index (χ1v) is 11.5. The van der Waals surface area contributed by atoms with Gasteiger partial charge in [-0.3, -0.25) is 14.4 Å². The van der Waals surface area contributed by atoms with Gasteiger partial charge in [-0.05, 0) is 17.7 Å². The van der Waals surface area contributed by atoms with Crippen LogP contribution < -0.4 is 24.4 Å². The number of benzene rings is 3. The number of esters is 2. The summed E-state index contributed by atoms with van der Waals surface area (Å²) in [6, 6.07) is 13.2. The first-order valence-electron chi connectivity index (χ1n) is 11.5. The molecule has 38 heavy (non-hydrogen) atoms. The Labute approximate surface area is 215 Å². The van der Waals surface area contributed by atoms with E-state index in [0.29, 0.717) is 11.1 Å². The molecule has 2 N–H and O–H groups in total. The highest BCUT2D eigenvalue weighted by Gasteiger charge is 2.37. The van der Waals surface area contributed by atoms with Crippen molar-refractivity contribution >= 4 is 22.9 Å². The van der Waals surface area contributed by atoms with Crippen molar-refractivity contribution in [2.24, 2.45) is 0 Å². The molecule has 10 nitrogen and oxygen atoms in total. The van der Waals surface area contributed by atoms with Crippen molar-refractivity contribution in [3.8, 4) is 45.8 Å². The van der Waals surface area contributed by atoms with Gasteiger partial charge in [-0.2, -0.15) is 0 Å². The van der Waals surface area contributed by atoms with Crippen molar-refractivity contribution in [2.75, 3.05) is 14.2 Å². The Hall–Kier alpha value is -4.99. The molecule has 0 saturated heterocycles. The molecule has 1 atom stereocenters. The van der Waals surface area contributed by atoms with Crippen LogP contribution >= 0.6 is 0 Å². The van der Waals surface area contributed by atoms with Gasteiger partial charge in [0, 0.05) is 24.5 Å². The third-order valence-corrected chi connectivity index (χ3v) is 6.24. The average molecular weight is 518 g/mol. The van der Waals surface area contributed by atoms with Gasteiger partial charge in [-0.25, -0.2) is 0 Å². The molecule has 0 saturated carbocycles. The Kier molecular flexibility index (Phi) is 6.15. The molecular formula is C28H22O10. The molecule has 10 heteroatoms. The molecule has 0 fully saturated rings. The van der Waals surface area contributed by atoms with E-state index in [1.54, 1.807) is 36.4 Å². The molecule has 0 spiro atoms. The van der Waals surface area contributed by atoms with Crippen LogP contribution in [0.15, 0.2) is 57.7 Å². The highest BCUT2D eigenvalue weighted by molar-refractivity contribution is 5.96. The molecule has 4 aromatic rings. The zero-order valence-electron chi connectivity index (χ0n) is 20.6. The highest BCUT2D eigenvalue weighted by atomic mass is 16.6. The molecule has 3 aromatic carbocycles. The van der Waals surface area contributed by atoms with Crippen LogP contribution in [-0.4, -0.2) is 36.4 Å². The lowest BCUT2D eigenvalue weighted by atomic mass is 9.84. The Bertz CT molecular complexity index is 1630. The van der Waals surface area contributed by atoms with Gasteiger partial charge in [0.05, 0.1) is 26.2 Å². The maximum Gasteiger partial charge on any atom is 0.312 e. The number of hydrogen-bond acceptors (Lipinski definition) is 10. The van der Waals surface area contributed by atoms with Crippen LogP contribution in [0, 0.1) is 0 Å². The second-order valence-corrected chi connectivity index (χ2v) is 8.56. The molecule has 1 aliphatic heterocycles. The van der Waals surface area contributed by atoms with Crippen LogP contribution in [0.25, 0.3) is 22.3 Å². The quantitative estimate of drug-likeness (QED) is 0.224. The van der Waals surface area contributed by atoms with Gasteiger partial charge in [-0.1, -0.05) is 30.3 Å². The molecule has 1 aromatic heterocycles.